The van der Waals surface area contributed by atoms with Gasteiger partial charge in [0.05, 0.1) is 11.2 Å². The number of aromatic nitrogens is 1. The van der Waals surface area contributed by atoms with Crippen LogP contribution >= 0.6 is 7.75 Å². The molecule has 0 unspecified atom stereocenters. The third kappa shape index (κ3) is 4.98. The quantitative estimate of drug-likeness (QED) is 0.327. The summed E-state index contributed by atoms with van der Waals surface area (Å²) in [5.41, 5.74) is -1.11. The van der Waals surface area contributed by atoms with Crippen LogP contribution < -0.4 is 14.1 Å². The second kappa shape index (κ2) is 8.32. The monoisotopic (exact) mass is 444 g/mol. The van der Waals surface area contributed by atoms with E-state index in [1.807, 2.05) is 0 Å². The zero-order valence-corrected chi connectivity index (χ0v) is 16.8. The molecule has 3 aromatic carbocycles. The van der Waals surface area contributed by atoms with Crippen molar-refractivity contribution in [3.8, 4) is 11.5 Å². The van der Waals surface area contributed by atoms with Gasteiger partial charge in [0.15, 0.2) is 0 Å². The Morgan fingerprint density at radius 3 is 1.84 bits per heavy atom. The number of hydrogen-bond acceptors (Lipinski definition) is 4. The molecule has 0 atom stereocenters. The molecule has 0 radical (unpaired) electrons. The highest BCUT2D eigenvalue weighted by Gasteiger charge is 2.35. The van der Waals surface area contributed by atoms with Crippen LogP contribution in [0.2, 0.25) is 0 Å². The highest BCUT2D eigenvalue weighted by atomic mass is 31.2. The molecule has 1 N–H and O–H groups in total. The van der Waals surface area contributed by atoms with Gasteiger partial charge in [-0.3, -0.25) is 5.09 Å². The molecule has 9 heteroatoms. The number of para-hydroxylation sites is 3. The van der Waals surface area contributed by atoms with Gasteiger partial charge in [0, 0.05) is 5.39 Å². The molecule has 1 heterocycles. The number of rotatable bonds is 6. The number of anilines is 1. The fraction of sp³-hybridized carbons (Fsp3) is 0.0455. The van der Waals surface area contributed by atoms with Crippen LogP contribution in [0.25, 0.3) is 10.9 Å². The summed E-state index contributed by atoms with van der Waals surface area (Å²) in [6.45, 7) is 0. The zero-order chi connectivity index (χ0) is 21.9. The minimum absolute atomic E-state index is 0.0758. The minimum Gasteiger partial charge on any atom is -0.400 e. The molecule has 0 amide bonds. The Morgan fingerprint density at radius 2 is 1.29 bits per heavy atom. The highest BCUT2D eigenvalue weighted by molar-refractivity contribution is 7.56. The summed E-state index contributed by atoms with van der Waals surface area (Å²) in [6.07, 6.45) is -4.69. The molecule has 31 heavy (non-hydrogen) atoms. The van der Waals surface area contributed by atoms with E-state index in [0.717, 1.165) is 6.07 Å². The molecule has 158 valence electrons. The first kappa shape index (κ1) is 20.8. The Bertz CT molecular complexity index is 1190. The molecular formula is C22H16F3N2O3P. The van der Waals surface area contributed by atoms with Gasteiger partial charge in [-0.1, -0.05) is 54.6 Å². The number of halogens is 3. The van der Waals surface area contributed by atoms with E-state index >= 15 is 0 Å². The molecule has 4 rings (SSSR count). The Hall–Kier alpha value is -3.51. The number of hydrogen-bond donors (Lipinski definition) is 1. The molecule has 5 nitrogen and oxygen atoms in total. The molecule has 0 aliphatic heterocycles. The number of alkyl halides is 3. The van der Waals surface area contributed by atoms with Crippen LogP contribution in [0.15, 0.2) is 91.0 Å². The van der Waals surface area contributed by atoms with Gasteiger partial charge >= 0.3 is 13.9 Å². The molecule has 0 aliphatic carbocycles. The first-order valence-electron chi connectivity index (χ1n) is 9.17. The maximum absolute atomic E-state index is 13.7. The Morgan fingerprint density at radius 1 is 0.774 bits per heavy atom. The normalized spacial score (nSPS) is 11.8. The summed E-state index contributed by atoms with van der Waals surface area (Å²) in [4.78, 5) is 3.67. The topological polar surface area (TPSA) is 60.5 Å². The molecule has 0 saturated heterocycles. The number of nitrogens with one attached hydrogen (secondary N) is 1. The van der Waals surface area contributed by atoms with E-state index in [4.69, 9.17) is 9.05 Å². The van der Waals surface area contributed by atoms with Crippen molar-refractivity contribution in [2.24, 2.45) is 0 Å². The van der Waals surface area contributed by atoms with Gasteiger partial charge in [0.1, 0.15) is 17.2 Å². The predicted octanol–water partition coefficient (Wildman–Crippen LogP) is 6.93. The van der Waals surface area contributed by atoms with Gasteiger partial charge in [0.2, 0.25) is 0 Å². The summed E-state index contributed by atoms with van der Waals surface area (Å²) >= 11 is 0. The largest absolute Gasteiger partial charge is 0.541 e. The SMILES string of the molecule is O=P(Nc1cc(C(F)(F)F)nc2ccccc12)(Oc1ccccc1)Oc1ccccc1. The van der Waals surface area contributed by atoms with E-state index in [1.165, 1.54) is 6.07 Å². The summed E-state index contributed by atoms with van der Waals surface area (Å²) in [5.74, 6) is 0.451. The van der Waals surface area contributed by atoms with Crippen molar-refractivity contribution in [3.05, 3.63) is 96.7 Å². The van der Waals surface area contributed by atoms with E-state index in [-0.39, 0.29) is 22.7 Å². The molecule has 0 bridgehead atoms. The summed E-state index contributed by atoms with van der Waals surface area (Å²) in [7, 11) is -4.21. The average molecular weight is 444 g/mol. The highest BCUT2D eigenvalue weighted by Crippen LogP contribution is 2.49. The van der Waals surface area contributed by atoms with Crippen LogP contribution in [0.3, 0.4) is 0 Å². The second-order valence-corrected chi connectivity index (χ2v) is 8.07. The molecule has 4 aromatic rings. The lowest BCUT2D eigenvalue weighted by Crippen LogP contribution is -2.13. The third-order valence-electron chi connectivity index (χ3n) is 4.20. The standard InChI is InChI=1S/C22H16F3N2O3P/c23-22(24,25)21-15-20(18-13-7-8-14-19(18)26-21)27-31(28,29-16-9-3-1-4-10-16)30-17-11-5-2-6-12-17/h1-15H,(H,26,27,28). The third-order valence-corrected chi connectivity index (χ3v) is 5.62. The van der Waals surface area contributed by atoms with Gasteiger partial charge in [-0.2, -0.15) is 13.2 Å². The Kier molecular flexibility index (Phi) is 5.57. The fourth-order valence-electron chi connectivity index (χ4n) is 2.87. The van der Waals surface area contributed by atoms with Crippen LogP contribution in [-0.2, 0) is 10.7 Å². The van der Waals surface area contributed by atoms with Crippen LogP contribution in [0.1, 0.15) is 5.69 Å². The molecule has 0 spiro atoms. The van der Waals surface area contributed by atoms with Crippen molar-refractivity contribution < 1.29 is 26.8 Å². The van der Waals surface area contributed by atoms with Crippen LogP contribution in [0.4, 0.5) is 18.9 Å². The predicted molar refractivity (Wildman–Crippen MR) is 112 cm³/mol. The summed E-state index contributed by atoms with van der Waals surface area (Å²) in [6, 6.07) is 23.4. The van der Waals surface area contributed by atoms with Crippen LogP contribution in [-0.4, -0.2) is 4.98 Å². The van der Waals surface area contributed by atoms with Crippen LogP contribution in [0.5, 0.6) is 11.5 Å². The zero-order valence-electron chi connectivity index (χ0n) is 15.9. The van der Waals surface area contributed by atoms with E-state index in [2.05, 4.69) is 10.1 Å². The number of fused-ring (bicyclic) bond motifs is 1. The molecule has 1 aromatic heterocycles. The van der Waals surface area contributed by atoms with Crippen molar-refractivity contribution in [2.45, 2.75) is 6.18 Å². The van der Waals surface area contributed by atoms with Gasteiger partial charge in [-0.25, -0.2) is 9.55 Å². The average Bonchev–Trinajstić information content (AvgIpc) is 2.74. The van der Waals surface area contributed by atoms with E-state index in [1.54, 1.807) is 78.9 Å². The maximum atomic E-state index is 13.7. The lowest BCUT2D eigenvalue weighted by atomic mass is 10.1. The maximum Gasteiger partial charge on any atom is 0.541 e. The van der Waals surface area contributed by atoms with Gasteiger partial charge in [0.25, 0.3) is 0 Å². The van der Waals surface area contributed by atoms with Gasteiger partial charge < -0.3 is 9.05 Å². The smallest absolute Gasteiger partial charge is 0.400 e. The molecule has 0 fully saturated rings. The van der Waals surface area contributed by atoms with E-state index in [0.29, 0.717) is 5.39 Å². The van der Waals surface area contributed by atoms with Gasteiger partial charge in [-0.05, 0) is 36.4 Å². The van der Waals surface area contributed by atoms with Crippen molar-refractivity contribution in [3.63, 3.8) is 0 Å². The van der Waals surface area contributed by atoms with Crippen molar-refractivity contribution in [2.75, 3.05) is 5.09 Å². The minimum atomic E-state index is -4.69. The van der Waals surface area contributed by atoms with E-state index < -0.39 is 19.6 Å². The first-order chi connectivity index (χ1) is 14.8. The lowest BCUT2D eigenvalue weighted by molar-refractivity contribution is -0.140. The Labute approximate surface area is 176 Å². The van der Waals surface area contributed by atoms with Gasteiger partial charge in [-0.15, -0.1) is 0 Å². The molecular weight excluding hydrogens is 428 g/mol. The van der Waals surface area contributed by atoms with Crippen molar-refractivity contribution in [1.29, 1.82) is 0 Å². The summed E-state index contributed by atoms with van der Waals surface area (Å²) in [5, 5.41) is 2.92. The van der Waals surface area contributed by atoms with Crippen LogP contribution in [0, 0.1) is 0 Å². The second-order valence-electron chi connectivity index (χ2n) is 6.49. The Balaban J connectivity index is 1.79. The van der Waals surface area contributed by atoms with Crippen molar-refractivity contribution in [1.82, 2.24) is 4.98 Å². The number of benzene rings is 3. The summed E-state index contributed by atoms with van der Waals surface area (Å²) < 4.78 is 65.1. The van der Waals surface area contributed by atoms with E-state index in [9.17, 15) is 17.7 Å². The number of pyridine rings is 1. The molecule has 0 saturated carbocycles. The lowest BCUT2D eigenvalue weighted by Gasteiger charge is -2.22. The fourth-order valence-corrected chi connectivity index (χ4v) is 4.27. The first-order valence-corrected chi connectivity index (χ1v) is 10.7. The molecule has 0 aliphatic rings. The van der Waals surface area contributed by atoms with Crippen molar-refractivity contribution >= 4 is 24.3 Å². The number of nitrogens with zero attached hydrogens (tertiary/aromatic N) is 1.